The minimum absolute atomic E-state index is 0.000827. The van der Waals surface area contributed by atoms with Crippen LogP contribution in [0.5, 0.6) is 0 Å². The molecule has 4 atom stereocenters. The zero-order chi connectivity index (χ0) is 23.8. The number of hydrogen-bond donors (Lipinski definition) is 2. The number of carbonyl (C=O) groups is 2. The number of nitrogens with zero attached hydrogens (tertiary/aromatic N) is 4. The number of nitrogens with one attached hydrogen (secondary N) is 2. The monoisotopic (exact) mass is 462 g/mol. The summed E-state index contributed by atoms with van der Waals surface area (Å²) < 4.78 is 14.7. The van der Waals surface area contributed by atoms with Crippen molar-refractivity contribution in [3.05, 3.63) is 77.1 Å². The smallest absolute Gasteiger partial charge is 0.243 e. The number of amides is 2. The molecule has 1 aliphatic carbocycles. The van der Waals surface area contributed by atoms with Crippen LogP contribution in [-0.2, 0) is 16.0 Å². The first kappa shape index (κ1) is 22.2. The average Bonchev–Trinajstić information content (AvgIpc) is 3.21. The molecular formula is C25H27FN6O2. The van der Waals surface area contributed by atoms with E-state index in [2.05, 4.69) is 25.7 Å². The summed E-state index contributed by atoms with van der Waals surface area (Å²) in [5, 5.41) is 13.3. The number of H-pyrrole nitrogens is 1. The first-order valence-corrected chi connectivity index (χ1v) is 11.6. The van der Waals surface area contributed by atoms with Crippen LogP contribution in [0.25, 0.3) is 0 Å². The highest BCUT2D eigenvalue weighted by molar-refractivity contribution is 5.90. The summed E-state index contributed by atoms with van der Waals surface area (Å²) in [5.74, 6) is -0.444. The van der Waals surface area contributed by atoms with Gasteiger partial charge in [0, 0.05) is 12.1 Å². The first-order chi connectivity index (χ1) is 16.4. The van der Waals surface area contributed by atoms with Crippen LogP contribution in [0, 0.1) is 17.8 Å². The quantitative estimate of drug-likeness (QED) is 0.526. The van der Waals surface area contributed by atoms with E-state index in [4.69, 9.17) is 0 Å². The van der Waals surface area contributed by atoms with Crippen LogP contribution < -0.4 is 5.32 Å². The molecule has 2 aromatic heterocycles. The van der Waals surface area contributed by atoms with E-state index >= 15 is 0 Å². The van der Waals surface area contributed by atoms with Crippen LogP contribution in [0.1, 0.15) is 54.7 Å². The maximum Gasteiger partial charge on any atom is 0.243 e. The number of pyridine rings is 1. The van der Waals surface area contributed by atoms with Crippen molar-refractivity contribution < 1.29 is 14.0 Å². The molecule has 2 aliphatic rings. The van der Waals surface area contributed by atoms with Gasteiger partial charge in [0.1, 0.15) is 6.04 Å². The second-order valence-electron chi connectivity index (χ2n) is 9.41. The van der Waals surface area contributed by atoms with Crippen molar-refractivity contribution in [3.63, 3.8) is 0 Å². The van der Waals surface area contributed by atoms with Gasteiger partial charge in [-0.3, -0.25) is 9.59 Å². The van der Waals surface area contributed by atoms with Gasteiger partial charge in [0.05, 0.1) is 30.0 Å². The standard InChI is InChI=1S/C25H27FN6O2/c1-14(2)18-8-9-20(28-24(18)26)22(15-6-4-3-5-7-15)29-25(34)23-19-10-16(19)13-32(23)21(33)11-17-12-27-31-30-17/h3-9,12,14,16,19,22-23H,10-11,13H2,1-2H3,(H,29,34)(H,27,30,31). The van der Waals surface area contributed by atoms with Gasteiger partial charge in [0.15, 0.2) is 0 Å². The molecule has 2 fully saturated rings. The second kappa shape index (κ2) is 8.96. The summed E-state index contributed by atoms with van der Waals surface area (Å²) in [6.45, 7) is 4.38. The van der Waals surface area contributed by atoms with E-state index in [9.17, 15) is 14.0 Å². The molecule has 1 saturated heterocycles. The Kier molecular flexibility index (Phi) is 5.85. The van der Waals surface area contributed by atoms with Gasteiger partial charge in [0.25, 0.3) is 0 Å². The molecule has 0 spiro atoms. The fourth-order valence-electron chi connectivity index (χ4n) is 4.88. The zero-order valence-corrected chi connectivity index (χ0v) is 19.1. The zero-order valence-electron chi connectivity index (χ0n) is 19.1. The molecule has 5 rings (SSSR count). The van der Waals surface area contributed by atoms with Crippen molar-refractivity contribution in [2.24, 2.45) is 11.8 Å². The highest BCUT2D eigenvalue weighted by atomic mass is 19.1. The Morgan fingerprint density at radius 1 is 1.21 bits per heavy atom. The average molecular weight is 463 g/mol. The second-order valence-corrected chi connectivity index (χ2v) is 9.41. The topological polar surface area (TPSA) is 104 Å². The van der Waals surface area contributed by atoms with Crippen LogP contribution in [0.4, 0.5) is 4.39 Å². The highest BCUT2D eigenvalue weighted by Gasteiger charge is 2.57. The Bertz CT molecular complexity index is 1180. The van der Waals surface area contributed by atoms with Crippen molar-refractivity contribution in [1.29, 1.82) is 0 Å². The molecule has 3 heterocycles. The lowest BCUT2D eigenvalue weighted by Gasteiger charge is -2.29. The molecule has 34 heavy (non-hydrogen) atoms. The predicted molar refractivity (Wildman–Crippen MR) is 122 cm³/mol. The Hall–Kier alpha value is -3.62. The third-order valence-electron chi connectivity index (χ3n) is 6.77. The molecule has 4 unspecified atom stereocenters. The largest absolute Gasteiger partial charge is 0.342 e. The predicted octanol–water partition coefficient (Wildman–Crippen LogP) is 2.76. The molecule has 0 bridgehead atoms. The minimum Gasteiger partial charge on any atom is -0.342 e. The van der Waals surface area contributed by atoms with Gasteiger partial charge < -0.3 is 10.2 Å². The fourth-order valence-corrected chi connectivity index (χ4v) is 4.88. The van der Waals surface area contributed by atoms with Crippen LogP contribution in [0.2, 0.25) is 0 Å². The summed E-state index contributed by atoms with van der Waals surface area (Å²) in [6, 6.07) is 11.7. The number of carbonyl (C=O) groups excluding carboxylic acids is 2. The summed E-state index contributed by atoms with van der Waals surface area (Å²) >= 11 is 0. The van der Waals surface area contributed by atoms with Crippen molar-refractivity contribution in [1.82, 2.24) is 30.6 Å². The van der Waals surface area contributed by atoms with E-state index in [0.29, 0.717) is 29.4 Å². The van der Waals surface area contributed by atoms with Gasteiger partial charge in [-0.05, 0) is 35.8 Å². The Morgan fingerprint density at radius 2 is 2.00 bits per heavy atom. The summed E-state index contributed by atoms with van der Waals surface area (Å²) in [4.78, 5) is 32.4. The van der Waals surface area contributed by atoms with Crippen molar-refractivity contribution in [2.75, 3.05) is 6.54 Å². The lowest BCUT2D eigenvalue weighted by molar-refractivity contribution is -0.139. The van der Waals surface area contributed by atoms with Gasteiger partial charge in [-0.25, -0.2) is 4.98 Å². The number of fused-ring (bicyclic) bond motifs is 1. The van der Waals surface area contributed by atoms with Gasteiger partial charge >= 0.3 is 0 Å². The number of benzene rings is 1. The first-order valence-electron chi connectivity index (χ1n) is 11.6. The minimum atomic E-state index is -0.630. The number of rotatable bonds is 7. The fraction of sp³-hybridized carbons (Fsp3) is 0.400. The van der Waals surface area contributed by atoms with E-state index in [-0.39, 0.29) is 30.1 Å². The molecule has 1 aromatic carbocycles. The number of aromatic nitrogens is 4. The van der Waals surface area contributed by atoms with Gasteiger partial charge in [-0.1, -0.05) is 50.2 Å². The third kappa shape index (κ3) is 4.30. The molecule has 176 valence electrons. The molecule has 8 nitrogen and oxygen atoms in total. The van der Waals surface area contributed by atoms with Crippen molar-refractivity contribution in [2.45, 2.75) is 44.7 Å². The van der Waals surface area contributed by atoms with Gasteiger partial charge in [-0.2, -0.15) is 19.8 Å². The number of likely N-dealkylation sites (tertiary alicyclic amines) is 1. The maximum atomic E-state index is 14.7. The van der Waals surface area contributed by atoms with Crippen molar-refractivity contribution >= 4 is 11.8 Å². The Morgan fingerprint density at radius 3 is 2.68 bits per heavy atom. The van der Waals surface area contributed by atoms with Gasteiger partial charge in [0.2, 0.25) is 17.8 Å². The molecule has 9 heteroatoms. The van der Waals surface area contributed by atoms with Crippen LogP contribution >= 0.6 is 0 Å². The van der Waals surface area contributed by atoms with Crippen LogP contribution in [0.15, 0.2) is 48.7 Å². The lowest BCUT2D eigenvalue weighted by atomic mass is 9.99. The number of halogens is 1. The van der Waals surface area contributed by atoms with E-state index in [0.717, 1.165) is 12.0 Å². The van der Waals surface area contributed by atoms with Crippen LogP contribution in [0.3, 0.4) is 0 Å². The summed E-state index contributed by atoms with van der Waals surface area (Å²) in [6.07, 6.45) is 2.53. The van der Waals surface area contributed by atoms with E-state index < -0.39 is 18.0 Å². The van der Waals surface area contributed by atoms with Crippen molar-refractivity contribution in [3.8, 4) is 0 Å². The summed E-state index contributed by atoms with van der Waals surface area (Å²) in [7, 11) is 0. The van der Waals surface area contributed by atoms with Gasteiger partial charge in [-0.15, -0.1) is 0 Å². The maximum absolute atomic E-state index is 14.7. The van der Waals surface area contributed by atoms with E-state index in [1.807, 2.05) is 44.2 Å². The molecule has 1 aliphatic heterocycles. The number of hydrogen-bond acceptors (Lipinski definition) is 5. The summed E-state index contributed by atoms with van der Waals surface area (Å²) in [5.41, 5.74) is 2.29. The third-order valence-corrected chi connectivity index (χ3v) is 6.77. The molecule has 2 N–H and O–H groups in total. The Balaban J connectivity index is 1.40. The number of piperidine rings is 1. The molecule has 2 amide bonds. The SMILES string of the molecule is CC(C)c1ccc(C(NC(=O)C2C3CC3CN2C(=O)Cc2cn[nH]n2)c2ccccc2)nc1F. The normalized spacial score (nSPS) is 21.9. The van der Waals surface area contributed by atoms with Crippen LogP contribution in [-0.4, -0.2) is 49.7 Å². The molecule has 1 saturated carbocycles. The highest BCUT2D eigenvalue weighted by Crippen LogP contribution is 2.50. The van der Waals surface area contributed by atoms with E-state index in [1.165, 1.54) is 6.20 Å². The molecule has 3 aromatic rings. The molecule has 0 radical (unpaired) electrons. The molecular weight excluding hydrogens is 435 g/mol. The lowest BCUT2D eigenvalue weighted by Crippen LogP contribution is -2.49. The Labute approximate surface area is 197 Å². The van der Waals surface area contributed by atoms with E-state index in [1.54, 1.807) is 17.0 Å². The number of aromatic amines is 1.